The average molecular weight is 337 g/mol. The molecule has 1 aliphatic rings. The number of anilines is 1. The summed E-state index contributed by atoms with van der Waals surface area (Å²) in [7, 11) is 0. The van der Waals surface area contributed by atoms with E-state index in [1.165, 1.54) is 0 Å². The second-order valence-electron chi connectivity index (χ2n) is 4.80. The van der Waals surface area contributed by atoms with Crippen LogP contribution in [0.5, 0.6) is 11.5 Å². The van der Waals surface area contributed by atoms with E-state index in [0.29, 0.717) is 23.3 Å². The molecule has 1 aliphatic heterocycles. The molecule has 0 radical (unpaired) electrons. The first kappa shape index (κ1) is 15.0. The van der Waals surface area contributed by atoms with Gasteiger partial charge in [-0.15, -0.1) is 0 Å². The van der Waals surface area contributed by atoms with Crippen LogP contribution in [0.2, 0.25) is 10.0 Å². The Morgan fingerprint density at radius 1 is 1.00 bits per heavy atom. The summed E-state index contributed by atoms with van der Waals surface area (Å²) in [4.78, 5) is 0. The Bertz CT molecular complexity index is 732. The molecule has 3 rings (SSSR count). The minimum absolute atomic E-state index is 0.485. The van der Waals surface area contributed by atoms with Crippen molar-refractivity contribution in [1.82, 2.24) is 0 Å². The van der Waals surface area contributed by atoms with E-state index in [1.54, 1.807) is 12.1 Å². The zero-order valence-electron chi connectivity index (χ0n) is 11.9. The monoisotopic (exact) mass is 336 g/mol. The van der Waals surface area contributed by atoms with Crippen LogP contribution in [0.15, 0.2) is 41.5 Å². The van der Waals surface area contributed by atoms with Gasteiger partial charge in [0.2, 0.25) is 0 Å². The smallest absolute Gasteiger partial charge is 0.162 e. The average Bonchev–Trinajstić information content (AvgIpc) is 2.55. The highest BCUT2D eigenvalue weighted by Gasteiger charge is 2.12. The number of ether oxygens (including phenoxy) is 2. The van der Waals surface area contributed by atoms with Gasteiger partial charge in [0.1, 0.15) is 13.2 Å². The molecule has 0 spiro atoms. The molecule has 0 aliphatic carbocycles. The molecule has 1 heterocycles. The van der Waals surface area contributed by atoms with Crippen molar-refractivity contribution in [2.24, 2.45) is 5.10 Å². The van der Waals surface area contributed by atoms with Gasteiger partial charge < -0.3 is 9.47 Å². The first-order valence-corrected chi connectivity index (χ1v) is 7.54. The molecule has 0 fully saturated rings. The topological polar surface area (TPSA) is 42.9 Å². The fraction of sp³-hybridized carbons (Fsp3) is 0.188. The van der Waals surface area contributed by atoms with Crippen LogP contribution in [0.4, 0.5) is 5.69 Å². The maximum atomic E-state index is 5.97. The Hall–Kier alpha value is -1.91. The maximum absolute atomic E-state index is 5.97. The predicted octanol–water partition coefficient (Wildman–Crippen LogP) is 4.60. The lowest BCUT2D eigenvalue weighted by Crippen LogP contribution is -2.15. The summed E-state index contributed by atoms with van der Waals surface area (Å²) >= 11 is 11.9. The largest absolute Gasteiger partial charge is 0.486 e. The summed E-state index contributed by atoms with van der Waals surface area (Å²) in [6.07, 6.45) is 0. The van der Waals surface area contributed by atoms with Crippen LogP contribution in [0, 0.1) is 0 Å². The highest BCUT2D eigenvalue weighted by molar-refractivity contribution is 6.42. The first-order chi connectivity index (χ1) is 10.6. The molecule has 114 valence electrons. The SMILES string of the molecule is C/C(=N\Nc1ccc(Cl)c(Cl)c1)c1ccc2c(c1)OCCO2. The normalized spacial score (nSPS) is 13.9. The van der Waals surface area contributed by atoms with Gasteiger partial charge in [0.05, 0.1) is 21.4 Å². The van der Waals surface area contributed by atoms with Crippen LogP contribution in [0.25, 0.3) is 0 Å². The molecule has 2 aromatic rings. The number of fused-ring (bicyclic) bond motifs is 1. The van der Waals surface area contributed by atoms with Crippen molar-refractivity contribution >= 4 is 34.6 Å². The molecule has 0 bridgehead atoms. The number of benzene rings is 2. The standard InChI is InChI=1S/C16H14Cl2N2O2/c1-10(19-20-12-3-4-13(17)14(18)9-12)11-2-5-15-16(8-11)22-7-6-21-15/h2-5,8-9,20H,6-7H2,1H3/b19-10+. The van der Waals surface area contributed by atoms with Crippen molar-refractivity contribution in [1.29, 1.82) is 0 Å². The van der Waals surface area contributed by atoms with E-state index in [0.717, 1.165) is 28.5 Å². The number of nitrogens with one attached hydrogen (secondary N) is 1. The molecule has 6 heteroatoms. The van der Waals surface area contributed by atoms with Gasteiger partial charge in [0.15, 0.2) is 11.5 Å². The number of rotatable bonds is 3. The van der Waals surface area contributed by atoms with Crippen LogP contribution in [-0.4, -0.2) is 18.9 Å². The molecular formula is C16H14Cl2N2O2. The van der Waals surface area contributed by atoms with Gasteiger partial charge in [0, 0.05) is 5.56 Å². The predicted molar refractivity (Wildman–Crippen MR) is 89.7 cm³/mol. The number of nitrogens with zero attached hydrogens (tertiary/aromatic N) is 1. The highest BCUT2D eigenvalue weighted by atomic mass is 35.5. The van der Waals surface area contributed by atoms with Crippen LogP contribution in [0.1, 0.15) is 12.5 Å². The first-order valence-electron chi connectivity index (χ1n) is 6.79. The molecule has 2 aromatic carbocycles. The van der Waals surface area contributed by atoms with Crippen LogP contribution in [0.3, 0.4) is 0 Å². The highest BCUT2D eigenvalue weighted by Crippen LogP contribution is 2.31. The van der Waals surface area contributed by atoms with Gasteiger partial charge in [-0.2, -0.15) is 5.10 Å². The summed E-state index contributed by atoms with van der Waals surface area (Å²) in [5.74, 6) is 1.51. The van der Waals surface area contributed by atoms with Gasteiger partial charge in [-0.05, 0) is 43.3 Å². The molecule has 0 amide bonds. The van der Waals surface area contributed by atoms with Crippen molar-refractivity contribution < 1.29 is 9.47 Å². The summed E-state index contributed by atoms with van der Waals surface area (Å²) in [6.45, 7) is 3.06. The third kappa shape index (κ3) is 3.29. The van der Waals surface area contributed by atoms with Crippen molar-refractivity contribution in [3.05, 3.63) is 52.0 Å². The number of hydrogen-bond donors (Lipinski definition) is 1. The molecule has 0 saturated heterocycles. The molecule has 0 unspecified atom stereocenters. The Morgan fingerprint density at radius 2 is 1.77 bits per heavy atom. The minimum Gasteiger partial charge on any atom is -0.486 e. The maximum Gasteiger partial charge on any atom is 0.162 e. The van der Waals surface area contributed by atoms with E-state index in [1.807, 2.05) is 31.2 Å². The van der Waals surface area contributed by atoms with E-state index < -0.39 is 0 Å². The van der Waals surface area contributed by atoms with Crippen molar-refractivity contribution in [2.75, 3.05) is 18.6 Å². The zero-order chi connectivity index (χ0) is 15.5. The van der Waals surface area contributed by atoms with Gasteiger partial charge in [-0.25, -0.2) is 0 Å². The van der Waals surface area contributed by atoms with Gasteiger partial charge in [0.25, 0.3) is 0 Å². The Morgan fingerprint density at radius 3 is 2.55 bits per heavy atom. The minimum atomic E-state index is 0.485. The molecule has 0 saturated carbocycles. The molecule has 0 atom stereocenters. The fourth-order valence-corrected chi connectivity index (χ4v) is 2.35. The van der Waals surface area contributed by atoms with Crippen LogP contribution in [-0.2, 0) is 0 Å². The van der Waals surface area contributed by atoms with Gasteiger partial charge in [-0.3, -0.25) is 5.43 Å². The van der Waals surface area contributed by atoms with E-state index in [2.05, 4.69) is 10.5 Å². The third-order valence-corrected chi connectivity index (χ3v) is 3.97. The summed E-state index contributed by atoms with van der Waals surface area (Å²) in [6, 6.07) is 11.0. The van der Waals surface area contributed by atoms with Crippen molar-refractivity contribution in [3.63, 3.8) is 0 Å². The van der Waals surface area contributed by atoms with Gasteiger partial charge in [-0.1, -0.05) is 23.2 Å². The Labute approximate surface area is 138 Å². The second kappa shape index (κ2) is 6.46. The number of hydrogen-bond acceptors (Lipinski definition) is 4. The zero-order valence-corrected chi connectivity index (χ0v) is 13.4. The van der Waals surface area contributed by atoms with E-state index in [-0.39, 0.29) is 0 Å². The molecule has 0 aromatic heterocycles. The summed E-state index contributed by atoms with van der Waals surface area (Å²) in [5, 5.41) is 5.35. The van der Waals surface area contributed by atoms with Crippen LogP contribution >= 0.6 is 23.2 Å². The Balaban J connectivity index is 1.77. The molecule has 22 heavy (non-hydrogen) atoms. The number of halogens is 2. The second-order valence-corrected chi connectivity index (χ2v) is 5.61. The summed E-state index contributed by atoms with van der Waals surface area (Å²) in [5.41, 5.74) is 5.51. The summed E-state index contributed by atoms with van der Waals surface area (Å²) < 4.78 is 11.1. The Kier molecular flexibility index (Phi) is 4.41. The third-order valence-electron chi connectivity index (χ3n) is 3.23. The number of hydrazone groups is 1. The molecular weight excluding hydrogens is 323 g/mol. The lowest BCUT2D eigenvalue weighted by molar-refractivity contribution is 0.171. The van der Waals surface area contributed by atoms with Crippen LogP contribution < -0.4 is 14.9 Å². The molecule has 1 N–H and O–H groups in total. The fourth-order valence-electron chi connectivity index (χ4n) is 2.05. The molecule has 4 nitrogen and oxygen atoms in total. The lowest BCUT2D eigenvalue weighted by Gasteiger charge is -2.18. The van der Waals surface area contributed by atoms with E-state index in [9.17, 15) is 0 Å². The quantitative estimate of drug-likeness (QED) is 0.657. The lowest BCUT2D eigenvalue weighted by atomic mass is 10.1. The van der Waals surface area contributed by atoms with Gasteiger partial charge >= 0.3 is 0 Å². The van der Waals surface area contributed by atoms with E-state index >= 15 is 0 Å². The van der Waals surface area contributed by atoms with Crippen molar-refractivity contribution in [3.8, 4) is 11.5 Å². The van der Waals surface area contributed by atoms with E-state index in [4.69, 9.17) is 32.7 Å². The van der Waals surface area contributed by atoms with Crippen molar-refractivity contribution in [2.45, 2.75) is 6.92 Å².